The number of esters is 1. The number of methoxy groups -OCH3 is 1. The Balaban J connectivity index is 2.73. The first-order chi connectivity index (χ1) is 8.93. The van der Waals surface area contributed by atoms with E-state index in [4.69, 9.17) is 5.73 Å². The van der Waals surface area contributed by atoms with E-state index in [1.165, 1.54) is 0 Å². The van der Waals surface area contributed by atoms with Gasteiger partial charge in [0.05, 0.1) is 12.8 Å². The average molecular weight is 286 g/mol. The van der Waals surface area contributed by atoms with Crippen molar-refractivity contribution in [3.8, 4) is 0 Å². The molecule has 0 saturated heterocycles. The molecule has 2 aromatic rings. The number of rotatable bonds is 2. The highest BCUT2D eigenvalue weighted by molar-refractivity contribution is 7.21. The molecule has 5 nitrogen and oxygen atoms in total. The van der Waals surface area contributed by atoms with E-state index in [0.717, 1.165) is 30.6 Å². The van der Waals surface area contributed by atoms with Crippen LogP contribution < -0.4 is 11.1 Å². The van der Waals surface area contributed by atoms with Crippen LogP contribution in [0.15, 0.2) is 12.1 Å². The third-order valence-corrected chi connectivity index (χ3v) is 3.48. The number of halogens is 2. The minimum absolute atomic E-state index is 0.0123. The van der Waals surface area contributed by atoms with Crippen LogP contribution in [0, 0.1) is 11.6 Å². The highest BCUT2D eigenvalue weighted by atomic mass is 32.1. The molecule has 3 N–H and O–H groups in total. The lowest BCUT2D eigenvalue weighted by Crippen LogP contribution is -2.20. The van der Waals surface area contributed by atoms with Gasteiger partial charge in [0.15, 0.2) is 11.6 Å². The molecule has 2 amide bonds. The number of ether oxygens (including phenoxy) is 1. The second-order valence-corrected chi connectivity index (χ2v) is 4.60. The van der Waals surface area contributed by atoms with Crippen LogP contribution in [-0.4, -0.2) is 19.1 Å². The van der Waals surface area contributed by atoms with E-state index in [1.807, 2.05) is 0 Å². The molecule has 19 heavy (non-hydrogen) atoms. The van der Waals surface area contributed by atoms with Crippen LogP contribution in [0.3, 0.4) is 0 Å². The number of hydrogen-bond acceptors (Lipinski definition) is 4. The predicted molar refractivity (Wildman–Crippen MR) is 66.3 cm³/mol. The van der Waals surface area contributed by atoms with Crippen molar-refractivity contribution in [3.05, 3.63) is 28.6 Å². The van der Waals surface area contributed by atoms with Crippen LogP contribution in [0.1, 0.15) is 9.67 Å². The number of nitrogens with two attached hydrogens (primary N) is 1. The molecule has 0 aliphatic rings. The monoisotopic (exact) mass is 286 g/mol. The summed E-state index contributed by atoms with van der Waals surface area (Å²) in [5, 5.41) is 2.40. The normalized spacial score (nSPS) is 10.5. The zero-order chi connectivity index (χ0) is 14.2. The van der Waals surface area contributed by atoms with Crippen LogP contribution in [0.4, 0.5) is 19.3 Å². The number of thiophene rings is 1. The number of urea groups is 1. The molecule has 0 radical (unpaired) electrons. The number of fused-ring (bicyclic) bond motifs is 1. The van der Waals surface area contributed by atoms with Crippen LogP contribution in [0.2, 0.25) is 0 Å². The highest BCUT2D eigenvalue weighted by Gasteiger charge is 2.21. The van der Waals surface area contributed by atoms with Crippen molar-refractivity contribution in [2.24, 2.45) is 5.73 Å². The number of amides is 2. The van der Waals surface area contributed by atoms with Crippen LogP contribution in [-0.2, 0) is 4.74 Å². The van der Waals surface area contributed by atoms with E-state index < -0.39 is 23.6 Å². The number of carbonyl (C=O) groups is 2. The molecule has 0 unspecified atom stereocenters. The number of carbonyl (C=O) groups excluding carboxylic acids is 2. The quantitative estimate of drug-likeness (QED) is 0.832. The molecule has 1 aromatic carbocycles. The molecule has 2 rings (SSSR count). The number of primary amides is 1. The lowest BCUT2D eigenvalue weighted by atomic mass is 10.2. The van der Waals surface area contributed by atoms with Gasteiger partial charge in [0.2, 0.25) is 0 Å². The molecule has 0 fully saturated rings. The predicted octanol–water partition coefficient (Wildman–Crippen LogP) is 2.46. The Morgan fingerprint density at radius 1 is 1.32 bits per heavy atom. The highest BCUT2D eigenvalue weighted by Crippen LogP contribution is 2.37. The SMILES string of the molecule is COC(=O)c1sc2cc(F)c(F)cc2c1NC(N)=O. The van der Waals surface area contributed by atoms with E-state index in [1.54, 1.807) is 0 Å². The fourth-order valence-electron chi connectivity index (χ4n) is 1.58. The summed E-state index contributed by atoms with van der Waals surface area (Å²) in [6.07, 6.45) is 0. The van der Waals surface area contributed by atoms with Crippen molar-refractivity contribution < 1.29 is 23.1 Å². The van der Waals surface area contributed by atoms with E-state index in [-0.39, 0.29) is 16.0 Å². The maximum atomic E-state index is 13.2. The van der Waals surface area contributed by atoms with Gasteiger partial charge in [-0.1, -0.05) is 0 Å². The Labute approximate surface area is 110 Å². The summed E-state index contributed by atoms with van der Waals surface area (Å²) >= 11 is 0.870. The summed E-state index contributed by atoms with van der Waals surface area (Å²) in [5.41, 5.74) is 5.00. The van der Waals surface area contributed by atoms with Gasteiger partial charge >= 0.3 is 12.0 Å². The van der Waals surface area contributed by atoms with Crippen molar-refractivity contribution in [3.63, 3.8) is 0 Å². The van der Waals surface area contributed by atoms with Crippen LogP contribution in [0.25, 0.3) is 10.1 Å². The van der Waals surface area contributed by atoms with Crippen molar-refractivity contribution in [1.82, 2.24) is 0 Å². The molecule has 0 spiro atoms. The van der Waals surface area contributed by atoms with E-state index in [9.17, 15) is 18.4 Å². The first kappa shape index (κ1) is 13.2. The van der Waals surface area contributed by atoms with E-state index in [2.05, 4.69) is 10.1 Å². The molecule has 0 saturated carbocycles. The smallest absolute Gasteiger partial charge is 0.350 e. The number of benzene rings is 1. The second-order valence-electron chi connectivity index (χ2n) is 3.55. The van der Waals surface area contributed by atoms with Crippen molar-refractivity contribution in [2.75, 3.05) is 12.4 Å². The minimum atomic E-state index is -1.09. The lowest BCUT2D eigenvalue weighted by molar-refractivity contribution is 0.0607. The number of hydrogen-bond donors (Lipinski definition) is 2. The van der Waals surface area contributed by atoms with Gasteiger partial charge in [-0.05, 0) is 12.1 Å². The fraction of sp³-hybridized carbons (Fsp3) is 0.0909. The van der Waals surface area contributed by atoms with Gasteiger partial charge in [-0.15, -0.1) is 11.3 Å². The van der Waals surface area contributed by atoms with Crippen molar-refractivity contribution in [2.45, 2.75) is 0 Å². The van der Waals surface area contributed by atoms with E-state index in [0.29, 0.717) is 4.70 Å². The maximum Gasteiger partial charge on any atom is 0.350 e. The Morgan fingerprint density at radius 3 is 2.53 bits per heavy atom. The Bertz CT molecular complexity index is 684. The first-order valence-corrected chi connectivity index (χ1v) is 5.82. The zero-order valence-electron chi connectivity index (χ0n) is 9.62. The molecule has 0 atom stereocenters. The summed E-state index contributed by atoms with van der Waals surface area (Å²) in [6.45, 7) is 0. The first-order valence-electron chi connectivity index (χ1n) is 5.00. The van der Waals surface area contributed by atoms with Gasteiger partial charge in [-0.25, -0.2) is 18.4 Å². The van der Waals surface area contributed by atoms with Gasteiger partial charge < -0.3 is 15.8 Å². The van der Waals surface area contributed by atoms with Gasteiger partial charge in [0.1, 0.15) is 4.88 Å². The maximum absolute atomic E-state index is 13.2. The molecule has 1 heterocycles. The summed E-state index contributed by atoms with van der Waals surface area (Å²) in [4.78, 5) is 22.5. The molecular formula is C11H8F2N2O3S. The molecule has 0 bridgehead atoms. The molecule has 8 heteroatoms. The fourth-order valence-corrected chi connectivity index (χ4v) is 2.66. The molecule has 1 aromatic heterocycles. The summed E-state index contributed by atoms with van der Waals surface area (Å²) in [7, 11) is 1.15. The van der Waals surface area contributed by atoms with E-state index >= 15 is 0 Å². The zero-order valence-corrected chi connectivity index (χ0v) is 10.4. The average Bonchev–Trinajstić information content (AvgIpc) is 2.67. The van der Waals surface area contributed by atoms with Gasteiger partial charge in [-0.3, -0.25) is 0 Å². The number of nitrogens with one attached hydrogen (secondary N) is 1. The lowest BCUT2D eigenvalue weighted by Gasteiger charge is -2.03. The second kappa shape index (κ2) is 4.81. The standard InChI is InChI=1S/C11H8F2N2O3S/c1-18-10(16)9-8(15-11(14)17)4-2-5(12)6(13)3-7(4)19-9/h2-3H,1H3,(H3,14,15,17). The molecule has 0 aliphatic heterocycles. The van der Waals surface area contributed by atoms with Crippen molar-refractivity contribution >= 4 is 39.1 Å². The van der Waals surface area contributed by atoms with Gasteiger partial charge in [-0.2, -0.15) is 0 Å². The molecule has 0 aliphatic carbocycles. The topological polar surface area (TPSA) is 81.4 Å². The molecule has 100 valence electrons. The van der Waals surface area contributed by atoms with Crippen molar-refractivity contribution in [1.29, 1.82) is 0 Å². The summed E-state index contributed by atoms with van der Waals surface area (Å²) in [6, 6.07) is 0.905. The Hall–Kier alpha value is -2.22. The van der Waals surface area contributed by atoms with Crippen LogP contribution in [0.5, 0.6) is 0 Å². The number of anilines is 1. The Morgan fingerprint density at radius 2 is 1.95 bits per heavy atom. The van der Waals surface area contributed by atoms with Crippen LogP contribution >= 0.6 is 11.3 Å². The van der Waals surface area contributed by atoms with Gasteiger partial charge in [0, 0.05) is 10.1 Å². The Kier molecular flexibility index (Phi) is 3.34. The third kappa shape index (κ3) is 2.34. The third-order valence-electron chi connectivity index (χ3n) is 2.35. The molecular weight excluding hydrogens is 278 g/mol. The summed E-state index contributed by atoms with van der Waals surface area (Å²) < 4.78 is 31.2. The summed E-state index contributed by atoms with van der Waals surface area (Å²) in [5.74, 6) is -2.87. The largest absolute Gasteiger partial charge is 0.465 e. The minimum Gasteiger partial charge on any atom is -0.465 e. The van der Waals surface area contributed by atoms with Gasteiger partial charge in [0.25, 0.3) is 0 Å².